The Kier molecular flexibility index (Phi) is 4.85. The molecule has 0 spiro atoms. The molecule has 0 saturated heterocycles. The third-order valence-corrected chi connectivity index (χ3v) is 3.02. The van der Waals surface area contributed by atoms with E-state index in [0.29, 0.717) is 0 Å². The van der Waals surface area contributed by atoms with Crippen LogP contribution >= 0.6 is 0 Å². The maximum Gasteiger partial charge on any atom is 0.119 e. The van der Waals surface area contributed by atoms with Crippen molar-refractivity contribution in [1.29, 1.82) is 0 Å². The second-order valence-electron chi connectivity index (χ2n) is 4.66. The average molecular weight is 255 g/mol. The van der Waals surface area contributed by atoms with E-state index in [1.165, 1.54) is 16.8 Å². The van der Waals surface area contributed by atoms with Crippen molar-refractivity contribution in [3.63, 3.8) is 0 Å². The smallest absolute Gasteiger partial charge is 0.119 e. The number of rotatable bonds is 6. The van der Waals surface area contributed by atoms with Crippen LogP contribution in [0, 0.1) is 6.92 Å². The monoisotopic (exact) mass is 255 g/mol. The Labute approximate surface area is 115 Å². The van der Waals surface area contributed by atoms with E-state index in [2.05, 4.69) is 55.6 Å². The van der Waals surface area contributed by atoms with Crippen molar-refractivity contribution < 1.29 is 4.74 Å². The number of benzene rings is 2. The number of hydrogen-bond donors (Lipinski definition) is 1. The lowest BCUT2D eigenvalue weighted by Gasteiger charge is -2.10. The number of aryl methyl sites for hydroxylation is 1. The molecule has 0 saturated carbocycles. The lowest BCUT2D eigenvalue weighted by Crippen LogP contribution is -2.01. The van der Waals surface area contributed by atoms with Gasteiger partial charge in [0.15, 0.2) is 0 Å². The van der Waals surface area contributed by atoms with Crippen molar-refractivity contribution in [3.05, 3.63) is 59.7 Å². The highest BCUT2D eigenvalue weighted by Crippen LogP contribution is 2.16. The van der Waals surface area contributed by atoms with E-state index in [4.69, 9.17) is 4.74 Å². The Morgan fingerprint density at radius 2 is 1.74 bits per heavy atom. The van der Waals surface area contributed by atoms with Gasteiger partial charge in [-0.25, -0.2) is 0 Å². The molecule has 0 fully saturated rings. The van der Waals surface area contributed by atoms with Crippen LogP contribution in [-0.2, 0) is 6.54 Å². The zero-order valence-corrected chi connectivity index (χ0v) is 11.6. The fraction of sp³-hybridized carbons (Fsp3) is 0.294. The van der Waals surface area contributed by atoms with Gasteiger partial charge < -0.3 is 10.1 Å². The molecule has 0 aliphatic carbocycles. The molecule has 0 aliphatic heterocycles. The Hall–Kier alpha value is -1.96. The molecule has 2 aromatic rings. The van der Waals surface area contributed by atoms with Crippen LogP contribution in [0.1, 0.15) is 24.5 Å². The summed E-state index contributed by atoms with van der Waals surface area (Å²) >= 11 is 0. The van der Waals surface area contributed by atoms with Gasteiger partial charge in [-0.1, -0.05) is 37.3 Å². The second-order valence-corrected chi connectivity index (χ2v) is 4.66. The van der Waals surface area contributed by atoms with Gasteiger partial charge in [-0.3, -0.25) is 0 Å². The molecule has 2 aromatic carbocycles. The topological polar surface area (TPSA) is 21.3 Å². The first-order valence-corrected chi connectivity index (χ1v) is 6.81. The summed E-state index contributed by atoms with van der Waals surface area (Å²) in [5.41, 5.74) is 3.71. The van der Waals surface area contributed by atoms with E-state index in [-0.39, 0.29) is 0 Å². The van der Waals surface area contributed by atoms with E-state index in [1.807, 2.05) is 12.1 Å². The molecule has 0 radical (unpaired) electrons. The maximum atomic E-state index is 5.57. The van der Waals surface area contributed by atoms with Crippen molar-refractivity contribution in [3.8, 4) is 5.75 Å². The minimum atomic E-state index is 0.779. The van der Waals surface area contributed by atoms with Gasteiger partial charge in [0.25, 0.3) is 0 Å². The maximum absolute atomic E-state index is 5.57. The van der Waals surface area contributed by atoms with Gasteiger partial charge in [-0.2, -0.15) is 0 Å². The third-order valence-electron chi connectivity index (χ3n) is 3.02. The standard InChI is InChI=1S/C17H21NO/c1-3-12-19-16-10-8-15(9-11-16)13-18-17-7-5-4-6-14(17)2/h4-11,18H,3,12-13H2,1-2H3. The van der Waals surface area contributed by atoms with Gasteiger partial charge in [0.05, 0.1) is 6.61 Å². The molecule has 0 aromatic heterocycles. The number of hydrogen-bond acceptors (Lipinski definition) is 2. The molecule has 0 atom stereocenters. The molecule has 100 valence electrons. The highest BCUT2D eigenvalue weighted by Gasteiger charge is 1.98. The van der Waals surface area contributed by atoms with Crippen LogP contribution in [0.15, 0.2) is 48.5 Å². The summed E-state index contributed by atoms with van der Waals surface area (Å²) in [4.78, 5) is 0. The minimum Gasteiger partial charge on any atom is -0.494 e. The predicted molar refractivity (Wildman–Crippen MR) is 80.7 cm³/mol. The molecule has 0 heterocycles. The summed E-state index contributed by atoms with van der Waals surface area (Å²) in [6.07, 6.45) is 1.04. The molecular weight excluding hydrogens is 234 g/mol. The molecule has 2 heteroatoms. The van der Waals surface area contributed by atoms with Crippen molar-refractivity contribution >= 4 is 5.69 Å². The molecule has 1 N–H and O–H groups in total. The van der Waals surface area contributed by atoms with Crippen molar-refractivity contribution in [2.75, 3.05) is 11.9 Å². The molecule has 19 heavy (non-hydrogen) atoms. The van der Waals surface area contributed by atoms with Gasteiger partial charge >= 0.3 is 0 Å². The van der Waals surface area contributed by atoms with Crippen molar-refractivity contribution in [2.24, 2.45) is 0 Å². The lowest BCUT2D eigenvalue weighted by molar-refractivity contribution is 0.317. The minimum absolute atomic E-state index is 0.779. The second kappa shape index (κ2) is 6.83. The molecule has 0 amide bonds. The van der Waals surface area contributed by atoms with Crippen molar-refractivity contribution in [2.45, 2.75) is 26.8 Å². The van der Waals surface area contributed by atoms with Crippen molar-refractivity contribution in [1.82, 2.24) is 0 Å². The fourth-order valence-electron chi connectivity index (χ4n) is 1.89. The van der Waals surface area contributed by atoms with E-state index in [9.17, 15) is 0 Å². The summed E-state index contributed by atoms with van der Waals surface area (Å²) in [5.74, 6) is 0.946. The van der Waals surface area contributed by atoms with Crippen LogP contribution in [0.5, 0.6) is 5.75 Å². The zero-order valence-electron chi connectivity index (χ0n) is 11.6. The number of nitrogens with one attached hydrogen (secondary N) is 1. The van der Waals surface area contributed by atoms with Gasteiger partial charge in [0.1, 0.15) is 5.75 Å². The van der Waals surface area contributed by atoms with Crippen LogP contribution in [0.25, 0.3) is 0 Å². The average Bonchev–Trinajstić information content (AvgIpc) is 2.45. The zero-order chi connectivity index (χ0) is 13.5. The summed E-state index contributed by atoms with van der Waals surface area (Å²) < 4.78 is 5.57. The highest BCUT2D eigenvalue weighted by molar-refractivity contribution is 5.50. The molecule has 0 bridgehead atoms. The van der Waals surface area contributed by atoms with Gasteiger partial charge in [0, 0.05) is 12.2 Å². The third kappa shape index (κ3) is 4.02. The van der Waals surface area contributed by atoms with Crippen LogP contribution in [0.4, 0.5) is 5.69 Å². The van der Waals surface area contributed by atoms with Gasteiger partial charge in [0.2, 0.25) is 0 Å². The van der Waals surface area contributed by atoms with Crippen LogP contribution < -0.4 is 10.1 Å². The summed E-state index contributed by atoms with van der Waals surface area (Å²) in [6, 6.07) is 16.6. The number of ether oxygens (including phenoxy) is 1. The molecule has 2 nitrogen and oxygen atoms in total. The first-order valence-electron chi connectivity index (χ1n) is 6.81. The Morgan fingerprint density at radius 1 is 1.00 bits per heavy atom. The largest absolute Gasteiger partial charge is 0.494 e. The predicted octanol–water partition coefficient (Wildman–Crippen LogP) is 4.40. The van der Waals surface area contributed by atoms with Gasteiger partial charge in [-0.05, 0) is 42.7 Å². The van der Waals surface area contributed by atoms with E-state index >= 15 is 0 Å². The summed E-state index contributed by atoms with van der Waals surface area (Å²) in [6.45, 7) is 5.84. The van der Waals surface area contributed by atoms with Crippen LogP contribution in [-0.4, -0.2) is 6.61 Å². The van der Waals surface area contributed by atoms with E-state index in [0.717, 1.165) is 25.3 Å². The molecular formula is C17H21NO. The first-order chi connectivity index (χ1) is 9.29. The normalized spacial score (nSPS) is 10.2. The molecule has 2 rings (SSSR count). The number of para-hydroxylation sites is 1. The SMILES string of the molecule is CCCOc1ccc(CNc2ccccc2C)cc1. The quantitative estimate of drug-likeness (QED) is 0.826. The van der Waals surface area contributed by atoms with Crippen LogP contribution in [0.3, 0.4) is 0 Å². The van der Waals surface area contributed by atoms with E-state index in [1.54, 1.807) is 0 Å². The Morgan fingerprint density at radius 3 is 2.42 bits per heavy atom. The fourth-order valence-corrected chi connectivity index (χ4v) is 1.89. The number of anilines is 1. The summed E-state index contributed by atoms with van der Waals surface area (Å²) in [5, 5.41) is 3.45. The van der Waals surface area contributed by atoms with Crippen LogP contribution in [0.2, 0.25) is 0 Å². The Balaban J connectivity index is 1.91. The van der Waals surface area contributed by atoms with Gasteiger partial charge in [-0.15, -0.1) is 0 Å². The molecule has 0 aliphatic rings. The lowest BCUT2D eigenvalue weighted by atomic mass is 10.1. The first kappa shape index (κ1) is 13.5. The summed E-state index contributed by atoms with van der Waals surface area (Å²) in [7, 11) is 0. The highest BCUT2D eigenvalue weighted by atomic mass is 16.5. The Bertz CT molecular complexity index is 505. The van der Waals surface area contributed by atoms with E-state index < -0.39 is 0 Å². The molecule has 0 unspecified atom stereocenters.